The molecule has 3 heterocycles. The summed E-state index contributed by atoms with van der Waals surface area (Å²) in [4.78, 5) is 9.11. The van der Waals surface area contributed by atoms with E-state index in [9.17, 15) is 5.11 Å². The predicted molar refractivity (Wildman–Crippen MR) is 91.9 cm³/mol. The van der Waals surface area contributed by atoms with Crippen LogP contribution in [0.15, 0.2) is 0 Å². The number of nitrogens with zero attached hydrogens (tertiary/aromatic N) is 5. The van der Waals surface area contributed by atoms with E-state index >= 15 is 0 Å². The minimum absolute atomic E-state index is 0.280. The third-order valence-electron chi connectivity index (χ3n) is 5.04. The molecule has 0 saturated carbocycles. The molecule has 0 radical (unpaired) electrons. The van der Waals surface area contributed by atoms with Crippen molar-refractivity contribution in [3.8, 4) is 0 Å². The fourth-order valence-electron chi connectivity index (χ4n) is 3.88. The average Bonchev–Trinajstić information content (AvgIpc) is 2.86. The van der Waals surface area contributed by atoms with Crippen LogP contribution in [0.5, 0.6) is 0 Å². The molecule has 0 unspecified atom stereocenters. The summed E-state index contributed by atoms with van der Waals surface area (Å²) < 4.78 is 7.40. The number of aliphatic hydroxyl groups excluding tert-OH is 1. The van der Waals surface area contributed by atoms with Crippen LogP contribution >= 0.6 is 0 Å². The van der Waals surface area contributed by atoms with Crippen LogP contribution in [0.25, 0.3) is 0 Å². The molecule has 1 aromatic rings. The van der Waals surface area contributed by atoms with Gasteiger partial charge in [-0.25, -0.2) is 9.67 Å². The molecule has 0 aromatic carbocycles. The van der Waals surface area contributed by atoms with Crippen LogP contribution < -0.4 is 0 Å². The lowest BCUT2D eigenvalue weighted by Gasteiger charge is -2.35. The van der Waals surface area contributed by atoms with Crippen LogP contribution in [0.1, 0.15) is 24.5 Å². The lowest BCUT2D eigenvalue weighted by atomic mass is 9.97. The lowest BCUT2D eigenvalue weighted by molar-refractivity contribution is 0.00290. The van der Waals surface area contributed by atoms with Gasteiger partial charge >= 0.3 is 0 Å². The predicted octanol–water partition coefficient (Wildman–Crippen LogP) is 0.300. The number of ether oxygens (including phenoxy) is 1. The molecule has 3 rings (SSSR count). The first kappa shape index (κ1) is 17.8. The summed E-state index contributed by atoms with van der Waals surface area (Å²) in [6, 6.07) is 0. The molecule has 1 aromatic heterocycles. The van der Waals surface area contributed by atoms with Crippen LogP contribution in [-0.2, 0) is 11.3 Å². The molecule has 0 bridgehead atoms. The van der Waals surface area contributed by atoms with Gasteiger partial charge in [0.1, 0.15) is 11.6 Å². The van der Waals surface area contributed by atoms with Gasteiger partial charge in [0.05, 0.1) is 19.3 Å². The maximum atomic E-state index is 10.4. The van der Waals surface area contributed by atoms with E-state index in [1.165, 1.54) is 12.8 Å². The fraction of sp³-hybridized carbons (Fsp3) is 0.882. The Kier molecular flexibility index (Phi) is 6.21. The highest BCUT2D eigenvalue weighted by Gasteiger charge is 2.24. The van der Waals surface area contributed by atoms with Crippen LogP contribution in [0.4, 0.5) is 0 Å². The molecule has 7 heteroatoms. The lowest BCUT2D eigenvalue weighted by Crippen LogP contribution is -2.47. The molecule has 24 heavy (non-hydrogen) atoms. The Hall–Kier alpha value is -1.02. The number of rotatable bonds is 6. The van der Waals surface area contributed by atoms with Crippen molar-refractivity contribution in [1.82, 2.24) is 24.6 Å². The first-order valence-corrected chi connectivity index (χ1v) is 9.18. The van der Waals surface area contributed by atoms with Crippen molar-refractivity contribution in [3.05, 3.63) is 11.6 Å². The summed E-state index contributed by atoms with van der Waals surface area (Å²) in [5.41, 5.74) is 0. The van der Waals surface area contributed by atoms with Crippen LogP contribution in [0, 0.1) is 19.8 Å². The molecule has 2 atom stereocenters. The summed E-state index contributed by atoms with van der Waals surface area (Å²) in [5.74, 6) is 2.44. The Morgan fingerprint density at radius 3 is 2.62 bits per heavy atom. The fourth-order valence-corrected chi connectivity index (χ4v) is 3.88. The van der Waals surface area contributed by atoms with Gasteiger partial charge in [-0.05, 0) is 39.2 Å². The van der Waals surface area contributed by atoms with E-state index in [0.717, 1.165) is 70.7 Å². The largest absolute Gasteiger partial charge is 0.390 e. The Morgan fingerprint density at radius 1 is 1.17 bits per heavy atom. The molecule has 0 amide bonds. The van der Waals surface area contributed by atoms with Gasteiger partial charge in [-0.1, -0.05) is 0 Å². The second-order valence-electron chi connectivity index (χ2n) is 7.22. The number of morpholine rings is 1. The van der Waals surface area contributed by atoms with Crippen LogP contribution in [0.3, 0.4) is 0 Å². The second-order valence-corrected chi connectivity index (χ2v) is 7.22. The number of aromatic nitrogens is 3. The molecule has 0 spiro atoms. The van der Waals surface area contributed by atoms with Gasteiger partial charge in [0.25, 0.3) is 0 Å². The number of hydrogen-bond acceptors (Lipinski definition) is 6. The molecule has 136 valence electrons. The van der Waals surface area contributed by atoms with Crippen LogP contribution in [0.2, 0.25) is 0 Å². The van der Waals surface area contributed by atoms with Gasteiger partial charge < -0.3 is 14.7 Å². The maximum absolute atomic E-state index is 10.4. The highest BCUT2D eigenvalue weighted by Crippen LogP contribution is 2.19. The van der Waals surface area contributed by atoms with E-state index in [1.54, 1.807) is 0 Å². The summed E-state index contributed by atoms with van der Waals surface area (Å²) in [7, 11) is 0. The monoisotopic (exact) mass is 337 g/mol. The van der Waals surface area contributed by atoms with Gasteiger partial charge in [0.2, 0.25) is 0 Å². The summed E-state index contributed by atoms with van der Waals surface area (Å²) in [6.07, 6.45) is 2.15. The first-order valence-electron chi connectivity index (χ1n) is 9.18. The Balaban J connectivity index is 1.45. The summed E-state index contributed by atoms with van der Waals surface area (Å²) in [6.45, 7) is 12.0. The van der Waals surface area contributed by atoms with E-state index in [0.29, 0.717) is 5.92 Å². The van der Waals surface area contributed by atoms with Crippen molar-refractivity contribution in [2.45, 2.75) is 39.3 Å². The highest BCUT2D eigenvalue weighted by molar-refractivity contribution is 4.88. The zero-order valence-electron chi connectivity index (χ0n) is 15.0. The van der Waals surface area contributed by atoms with Gasteiger partial charge in [0.15, 0.2) is 0 Å². The quantitative estimate of drug-likeness (QED) is 0.805. The molecule has 2 saturated heterocycles. The number of likely N-dealkylation sites (tertiary alicyclic amines) is 1. The van der Waals surface area contributed by atoms with Crippen molar-refractivity contribution in [2.75, 3.05) is 52.5 Å². The third-order valence-corrected chi connectivity index (χ3v) is 5.04. The van der Waals surface area contributed by atoms with E-state index in [1.807, 2.05) is 18.5 Å². The molecule has 0 aliphatic carbocycles. The van der Waals surface area contributed by atoms with Crippen molar-refractivity contribution in [3.63, 3.8) is 0 Å². The second kappa shape index (κ2) is 8.38. The minimum Gasteiger partial charge on any atom is -0.390 e. The van der Waals surface area contributed by atoms with Gasteiger partial charge in [0, 0.05) is 39.3 Å². The zero-order valence-corrected chi connectivity index (χ0v) is 15.0. The number of piperidine rings is 1. The van der Waals surface area contributed by atoms with E-state index in [2.05, 4.69) is 19.9 Å². The highest BCUT2D eigenvalue weighted by atomic mass is 16.5. The molecule has 2 fully saturated rings. The van der Waals surface area contributed by atoms with Crippen molar-refractivity contribution < 1.29 is 9.84 Å². The summed E-state index contributed by atoms with van der Waals surface area (Å²) >= 11 is 0. The van der Waals surface area contributed by atoms with Crippen LogP contribution in [-0.4, -0.2) is 88.3 Å². The Bertz CT molecular complexity index is 515. The van der Waals surface area contributed by atoms with Gasteiger partial charge in [-0.2, -0.15) is 5.10 Å². The molecular weight excluding hydrogens is 306 g/mol. The molecule has 2 aliphatic heterocycles. The normalized spacial score (nSPS) is 25.0. The standard InChI is InChI=1S/C17H31N5O2/c1-14-18-15(2)22(19-14)11-16-4-3-5-21(10-16)13-17(23)12-20-6-8-24-9-7-20/h16-17,23H,3-13H2,1-2H3/t16-,17-/m0/s1. The van der Waals surface area contributed by atoms with Gasteiger partial charge in [-0.15, -0.1) is 0 Å². The Labute approximate surface area is 144 Å². The molecule has 1 N–H and O–H groups in total. The molecule has 7 nitrogen and oxygen atoms in total. The first-order chi connectivity index (χ1) is 11.6. The van der Waals surface area contributed by atoms with E-state index in [-0.39, 0.29) is 6.10 Å². The van der Waals surface area contributed by atoms with Gasteiger partial charge in [-0.3, -0.25) is 4.90 Å². The number of β-amino-alcohol motifs (C(OH)–C–C–N with tert-alkyl or cyclic N) is 1. The third kappa shape index (κ3) is 4.99. The zero-order chi connectivity index (χ0) is 16.9. The minimum atomic E-state index is -0.280. The average molecular weight is 337 g/mol. The van der Waals surface area contributed by atoms with E-state index < -0.39 is 0 Å². The number of aryl methyl sites for hydroxylation is 2. The number of hydrogen-bond donors (Lipinski definition) is 1. The topological polar surface area (TPSA) is 66.7 Å². The Morgan fingerprint density at radius 2 is 1.92 bits per heavy atom. The van der Waals surface area contributed by atoms with Crippen molar-refractivity contribution >= 4 is 0 Å². The maximum Gasteiger partial charge on any atom is 0.147 e. The van der Waals surface area contributed by atoms with Crippen molar-refractivity contribution in [1.29, 1.82) is 0 Å². The smallest absolute Gasteiger partial charge is 0.147 e. The SMILES string of the molecule is Cc1nc(C)n(C[C@H]2CCCN(C[C@@H](O)CN3CCOCC3)C2)n1. The molecular formula is C17H31N5O2. The van der Waals surface area contributed by atoms with Crippen molar-refractivity contribution in [2.24, 2.45) is 5.92 Å². The summed E-state index contributed by atoms with van der Waals surface area (Å²) in [5, 5.41) is 14.9. The molecule has 2 aliphatic rings. The van der Waals surface area contributed by atoms with E-state index in [4.69, 9.17) is 4.74 Å². The number of aliphatic hydroxyl groups is 1.